The summed E-state index contributed by atoms with van der Waals surface area (Å²) in [4.78, 5) is 0. The summed E-state index contributed by atoms with van der Waals surface area (Å²) >= 11 is 0. The van der Waals surface area contributed by atoms with Crippen molar-refractivity contribution in [2.75, 3.05) is 7.11 Å². The first-order valence-electron chi connectivity index (χ1n) is 4.30. The van der Waals surface area contributed by atoms with Crippen molar-refractivity contribution in [2.24, 2.45) is 0 Å². The maximum absolute atomic E-state index is 5.59. The van der Waals surface area contributed by atoms with Gasteiger partial charge in [-0.2, -0.15) is 0 Å². The molecule has 0 aliphatic rings. The molecule has 0 heterocycles. The van der Waals surface area contributed by atoms with Gasteiger partial charge in [-0.25, -0.2) is 0 Å². The predicted octanol–water partition coefficient (Wildman–Crippen LogP) is 2.05. The molecule has 0 aromatic heterocycles. The van der Waals surface area contributed by atoms with E-state index in [0.717, 1.165) is 0 Å². The Balaban J connectivity index is 4.04. The summed E-state index contributed by atoms with van der Waals surface area (Å²) in [5, 5.41) is 0. The minimum atomic E-state index is -2.35. The topological polar surface area (TPSA) is 27.7 Å². The van der Waals surface area contributed by atoms with Crippen LogP contribution >= 0.6 is 0 Å². The van der Waals surface area contributed by atoms with E-state index in [9.17, 15) is 0 Å². The molecular formula is C8H20O3Si. The van der Waals surface area contributed by atoms with Crippen molar-refractivity contribution in [3.05, 3.63) is 0 Å². The smallest absolute Gasteiger partial charge is 0.377 e. The van der Waals surface area contributed by atoms with Gasteiger partial charge in [-0.1, -0.05) is 0 Å². The van der Waals surface area contributed by atoms with Crippen molar-refractivity contribution in [3.8, 4) is 0 Å². The van der Waals surface area contributed by atoms with Crippen molar-refractivity contribution in [2.45, 2.75) is 46.4 Å². The van der Waals surface area contributed by atoms with E-state index in [1.54, 1.807) is 7.11 Å². The first-order chi connectivity index (χ1) is 5.39. The zero-order valence-electron chi connectivity index (χ0n) is 8.88. The van der Waals surface area contributed by atoms with Crippen LogP contribution in [0.5, 0.6) is 0 Å². The Morgan fingerprint density at radius 2 is 1.25 bits per heavy atom. The van der Waals surface area contributed by atoms with Gasteiger partial charge in [0.05, 0.1) is 0 Å². The van der Waals surface area contributed by atoms with Gasteiger partial charge in [-0.05, 0) is 27.7 Å². The molecule has 0 unspecified atom stereocenters. The van der Waals surface area contributed by atoms with Crippen LogP contribution in [0.1, 0.15) is 27.7 Å². The Hall–Kier alpha value is 0.0969. The van der Waals surface area contributed by atoms with Gasteiger partial charge in [0.2, 0.25) is 0 Å². The molecular weight excluding hydrogens is 172 g/mol. The second-order valence-corrected chi connectivity index (χ2v) is 6.00. The maximum atomic E-state index is 5.59. The van der Waals surface area contributed by atoms with Crippen LogP contribution in [0.2, 0.25) is 6.55 Å². The van der Waals surface area contributed by atoms with Crippen LogP contribution in [0.3, 0.4) is 0 Å². The molecule has 0 aromatic rings. The molecule has 0 aromatic carbocycles. The van der Waals surface area contributed by atoms with Crippen molar-refractivity contribution < 1.29 is 13.3 Å². The van der Waals surface area contributed by atoms with E-state index in [0.29, 0.717) is 0 Å². The molecule has 0 saturated heterocycles. The molecule has 0 fully saturated rings. The van der Waals surface area contributed by atoms with Crippen LogP contribution in [-0.4, -0.2) is 28.1 Å². The normalized spacial score (nSPS) is 13.0. The van der Waals surface area contributed by atoms with Crippen molar-refractivity contribution in [1.82, 2.24) is 0 Å². The number of hydrogen-bond donors (Lipinski definition) is 0. The highest BCUT2D eigenvalue weighted by Crippen LogP contribution is 2.13. The Morgan fingerprint density at radius 1 is 0.917 bits per heavy atom. The van der Waals surface area contributed by atoms with Gasteiger partial charge in [-0.15, -0.1) is 0 Å². The molecule has 12 heavy (non-hydrogen) atoms. The minimum absolute atomic E-state index is 0.153. The largest absolute Gasteiger partial charge is 0.497 e. The fraction of sp³-hybridized carbons (Fsp3) is 1.00. The van der Waals surface area contributed by atoms with Gasteiger partial charge in [0, 0.05) is 25.9 Å². The van der Waals surface area contributed by atoms with Crippen molar-refractivity contribution >= 4 is 8.80 Å². The Kier molecular flexibility index (Phi) is 5.00. The number of hydrogen-bond acceptors (Lipinski definition) is 3. The average molecular weight is 192 g/mol. The lowest BCUT2D eigenvalue weighted by Crippen LogP contribution is -2.45. The van der Waals surface area contributed by atoms with Crippen molar-refractivity contribution in [3.63, 3.8) is 0 Å². The summed E-state index contributed by atoms with van der Waals surface area (Å²) in [6.07, 6.45) is 0.306. The highest BCUT2D eigenvalue weighted by atomic mass is 28.4. The second-order valence-electron chi connectivity index (χ2n) is 3.40. The zero-order valence-corrected chi connectivity index (χ0v) is 9.88. The summed E-state index contributed by atoms with van der Waals surface area (Å²) in [5.74, 6) is 0. The van der Waals surface area contributed by atoms with E-state index in [2.05, 4.69) is 0 Å². The Morgan fingerprint density at radius 3 is 1.42 bits per heavy atom. The number of rotatable bonds is 5. The van der Waals surface area contributed by atoms with E-state index in [4.69, 9.17) is 13.3 Å². The molecule has 0 radical (unpaired) electrons. The second kappa shape index (κ2) is 4.96. The van der Waals surface area contributed by atoms with Crippen LogP contribution in [0.25, 0.3) is 0 Å². The zero-order chi connectivity index (χ0) is 9.78. The fourth-order valence-electron chi connectivity index (χ4n) is 0.980. The summed E-state index contributed by atoms with van der Waals surface area (Å²) in [6, 6.07) is 0. The highest BCUT2D eigenvalue weighted by Gasteiger charge is 2.35. The Labute approximate surface area is 76.4 Å². The summed E-state index contributed by atoms with van der Waals surface area (Å²) < 4.78 is 16.4. The lowest BCUT2D eigenvalue weighted by Gasteiger charge is -2.28. The molecule has 0 N–H and O–H groups in total. The van der Waals surface area contributed by atoms with Gasteiger partial charge in [0.25, 0.3) is 0 Å². The first-order valence-corrected chi connectivity index (χ1v) is 6.53. The van der Waals surface area contributed by atoms with E-state index >= 15 is 0 Å². The molecule has 0 atom stereocenters. The molecule has 0 saturated carbocycles. The van der Waals surface area contributed by atoms with Crippen LogP contribution in [-0.2, 0) is 13.3 Å². The third-order valence-corrected chi connectivity index (χ3v) is 3.81. The molecule has 0 amide bonds. The summed E-state index contributed by atoms with van der Waals surface area (Å²) in [7, 11) is -0.714. The van der Waals surface area contributed by atoms with Gasteiger partial charge in [0.15, 0.2) is 0 Å². The van der Waals surface area contributed by atoms with Gasteiger partial charge in [-0.3, -0.25) is 0 Å². The van der Waals surface area contributed by atoms with Gasteiger partial charge < -0.3 is 13.3 Å². The first kappa shape index (κ1) is 12.1. The summed E-state index contributed by atoms with van der Waals surface area (Å²) in [6.45, 7) is 9.83. The van der Waals surface area contributed by atoms with E-state index in [1.165, 1.54) is 0 Å². The van der Waals surface area contributed by atoms with Gasteiger partial charge in [0.1, 0.15) is 0 Å². The molecule has 4 heteroatoms. The van der Waals surface area contributed by atoms with Crippen LogP contribution in [0, 0.1) is 0 Å². The third kappa shape index (κ3) is 4.87. The van der Waals surface area contributed by atoms with E-state index in [-0.39, 0.29) is 12.2 Å². The predicted molar refractivity (Wildman–Crippen MR) is 51.1 cm³/mol. The minimum Gasteiger partial charge on any atom is -0.377 e. The third-order valence-electron chi connectivity index (χ3n) is 1.27. The molecule has 0 rings (SSSR count). The molecule has 0 spiro atoms. The highest BCUT2D eigenvalue weighted by molar-refractivity contribution is 6.59. The quantitative estimate of drug-likeness (QED) is 0.624. The average Bonchev–Trinajstić information content (AvgIpc) is 1.83. The van der Waals surface area contributed by atoms with Gasteiger partial charge >= 0.3 is 8.80 Å². The molecule has 0 aliphatic heterocycles. The molecule has 3 nitrogen and oxygen atoms in total. The van der Waals surface area contributed by atoms with Crippen LogP contribution in [0.4, 0.5) is 0 Å². The van der Waals surface area contributed by atoms with Crippen molar-refractivity contribution in [1.29, 1.82) is 0 Å². The SMILES string of the molecule is CO[Si](C)(OC(C)C)OC(C)C. The lowest BCUT2D eigenvalue weighted by molar-refractivity contribution is 0.0388. The standard InChI is InChI=1S/C8H20O3Si/c1-7(2)10-12(6,9-5)11-8(3)4/h7-8H,1-6H3. The summed E-state index contributed by atoms with van der Waals surface area (Å²) in [5.41, 5.74) is 0. The Bertz CT molecular complexity index is 115. The van der Waals surface area contributed by atoms with Crippen LogP contribution in [0.15, 0.2) is 0 Å². The lowest BCUT2D eigenvalue weighted by atomic mass is 10.5. The van der Waals surface area contributed by atoms with E-state index in [1.807, 2.05) is 34.2 Å². The van der Waals surface area contributed by atoms with Crippen LogP contribution < -0.4 is 0 Å². The molecule has 74 valence electrons. The van der Waals surface area contributed by atoms with E-state index < -0.39 is 8.80 Å². The maximum Gasteiger partial charge on any atom is 0.497 e. The fourth-order valence-corrected chi connectivity index (χ4v) is 2.94. The molecule has 0 aliphatic carbocycles. The monoisotopic (exact) mass is 192 g/mol. The molecule has 0 bridgehead atoms.